The zero-order chi connectivity index (χ0) is 14.6. The van der Waals surface area contributed by atoms with Gasteiger partial charge in [0.2, 0.25) is 0 Å². The van der Waals surface area contributed by atoms with Crippen LogP contribution in [0.5, 0.6) is 0 Å². The molecule has 1 aliphatic rings. The van der Waals surface area contributed by atoms with Crippen LogP contribution in [0, 0.1) is 0 Å². The Morgan fingerprint density at radius 2 is 2.25 bits per heavy atom. The Bertz CT molecular complexity index is 457. The van der Waals surface area contributed by atoms with Gasteiger partial charge in [0.05, 0.1) is 11.6 Å². The Morgan fingerprint density at radius 3 is 2.95 bits per heavy atom. The fourth-order valence-electron chi connectivity index (χ4n) is 2.68. The predicted octanol–water partition coefficient (Wildman–Crippen LogP) is 4.37. The van der Waals surface area contributed by atoms with Gasteiger partial charge in [0, 0.05) is 20.7 Å². The van der Waals surface area contributed by atoms with Crippen LogP contribution in [0.3, 0.4) is 0 Å². The number of thioether (sulfide) groups is 1. The lowest BCUT2D eigenvalue weighted by Crippen LogP contribution is -2.46. The first kappa shape index (κ1) is 16.4. The molecule has 0 spiro atoms. The lowest BCUT2D eigenvalue weighted by molar-refractivity contribution is 0.165. The topological polar surface area (TPSA) is 32.3 Å². The Balaban J connectivity index is 2.00. The molecule has 2 atom stereocenters. The van der Waals surface area contributed by atoms with E-state index >= 15 is 0 Å². The van der Waals surface area contributed by atoms with Gasteiger partial charge >= 0.3 is 0 Å². The van der Waals surface area contributed by atoms with Crippen molar-refractivity contribution in [2.45, 2.75) is 48.3 Å². The van der Waals surface area contributed by atoms with Crippen LogP contribution in [0.15, 0.2) is 23.1 Å². The molecule has 0 radical (unpaired) electrons. The number of rotatable bonds is 6. The summed E-state index contributed by atoms with van der Waals surface area (Å²) >= 11 is 14.0. The summed E-state index contributed by atoms with van der Waals surface area (Å²) < 4.78 is 0. The van der Waals surface area contributed by atoms with E-state index in [2.05, 4.69) is 12.2 Å². The Labute approximate surface area is 135 Å². The van der Waals surface area contributed by atoms with E-state index in [1.165, 1.54) is 0 Å². The molecular weight excluding hydrogens is 313 g/mol. The molecule has 5 heteroatoms. The van der Waals surface area contributed by atoms with E-state index in [1.54, 1.807) is 11.8 Å². The second kappa shape index (κ2) is 7.37. The molecule has 2 unspecified atom stereocenters. The summed E-state index contributed by atoms with van der Waals surface area (Å²) in [6, 6.07) is 5.58. The minimum atomic E-state index is -0.112. The smallest absolute Gasteiger partial charge is 0.0613 e. The molecule has 0 amide bonds. The molecular formula is C15H21Cl2NOS. The van der Waals surface area contributed by atoms with Crippen LogP contribution in [0.4, 0.5) is 0 Å². The second-order valence-corrected chi connectivity index (χ2v) is 7.61. The third kappa shape index (κ3) is 4.05. The second-order valence-electron chi connectivity index (χ2n) is 5.42. The number of nitrogens with one attached hydrogen (secondary N) is 1. The number of aliphatic hydroxyl groups is 1. The molecule has 1 aliphatic carbocycles. The highest BCUT2D eigenvalue weighted by Gasteiger charge is 2.38. The highest BCUT2D eigenvalue weighted by Crippen LogP contribution is 2.42. The van der Waals surface area contributed by atoms with Crippen LogP contribution in [0.25, 0.3) is 0 Å². The van der Waals surface area contributed by atoms with Gasteiger partial charge in [-0.3, -0.25) is 0 Å². The Kier molecular flexibility index (Phi) is 6.06. The van der Waals surface area contributed by atoms with Crippen molar-refractivity contribution in [3.05, 3.63) is 28.2 Å². The number of hydrogen-bond donors (Lipinski definition) is 2. The molecule has 0 bridgehead atoms. The minimum absolute atomic E-state index is 0.112. The van der Waals surface area contributed by atoms with E-state index in [0.717, 1.165) is 42.1 Å². The normalized spacial score (nSPS) is 26.1. The van der Waals surface area contributed by atoms with E-state index < -0.39 is 0 Å². The van der Waals surface area contributed by atoms with Crippen LogP contribution < -0.4 is 5.32 Å². The number of hydrogen-bond acceptors (Lipinski definition) is 3. The highest BCUT2D eigenvalue weighted by molar-refractivity contribution is 8.00. The van der Waals surface area contributed by atoms with Crippen molar-refractivity contribution in [1.82, 2.24) is 5.32 Å². The van der Waals surface area contributed by atoms with Crippen LogP contribution in [0.2, 0.25) is 10.0 Å². The minimum Gasteiger partial charge on any atom is -0.394 e. The highest BCUT2D eigenvalue weighted by atomic mass is 35.5. The standard InChI is InChI=1S/C15H21Cl2NOS/c1-2-7-18-15(10-19)6-5-12(9-15)20-14-8-11(16)3-4-13(14)17/h3-4,8,12,18-19H,2,5-7,9-10H2,1H3. The third-order valence-corrected chi connectivity index (χ3v) is 5.81. The van der Waals surface area contributed by atoms with Gasteiger partial charge in [0.15, 0.2) is 0 Å². The van der Waals surface area contributed by atoms with Gasteiger partial charge in [-0.15, -0.1) is 11.8 Å². The first-order chi connectivity index (χ1) is 9.58. The summed E-state index contributed by atoms with van der Waals surface area (Å²) in [7, 11) is 0. The molecule has 0 saturated heterocycles. The van der Waals surface area contributed by atoms with Gasteiger partial charge in [-0.1, -0.05) is 30.1 Å². The van der Waals surface area contributed by atoms with Crippen molar-refractivity contribution in [3.8, 4) is 0 Å². The Hall–Kier alpha value is 0.0700. The first-order valence-corrected chi connectivity index (χ1v) is 8.70. The van der Waals surface area contributed by atoms with Crippen LogP contribution in [0.1, 0.15) is 32.6 Å². The molecule has 0 aliphatic heterocycles. The van der Waals surface area contributed by atoms with E-state index in [-0.39, 0.29) is 12.1 Å². The number of halogens is 2. The summed E-state index contributed by atoms with van der Waals surface area (Å²) in [6.07, 6.45) is 4.15. The van der Waals surface area contributed by atoms with Crippen LogP contribution in [-0.2, 0) is 0 Å². The summed E-state index contributed by atoms with van der Waals surface area (Å²) in [6.45, 7) is 3.30. The van der Waals surface area contributed by atoms with Crippen molar-refractivity contribution in [3.63, 3.8) is 0 Å². The average Bonchev–Trinajstić information content (AvgIpc) is 2.85. The fraction of sp³-hybridized carbons (Fsp3) is 0.600. The molecule has 1 fully saturated rings. The molecule has 1 aromatic carbocycles. The maximum absolute atomic E-state index is 9.71. The maximum atomic E-state index is 9.71. The van der Waals surface area contributed by atoms with E-state index in [0.29, 0.717) is 10.3 Å². The van der Waals surface area contributed by atoms with E-state index in [4.69, 9.17) is 23.2 Å². The van der Waals surface area contributed by atoms with Crippen LogP contribution in [-0.4, -0.2) is 29.0 Å². The van der Waals surface area contributed by atoms with E-state index in [9.17, 15) is 5.11 Å². The van der Waals surface area contributed by atoms with Gasteiger partial charge in [-0.05, 0) is 50.4 Å². The molecule has 2 N–H and O–H groups in total. The number of aliphatic hydroxyl groups excluding tert-OH is 1. The zero-order valence-electron chi connectivity index (χ0n) is 11.7. The Morgan fingerprint density at radius 1 is 1.45 bits per heavy atom. The lowest BCUT2D eigenvalue weighted by Gasteiger charge is -2.28. The summed E-state index contributed by atoms with van der Waals surface area (Å²) in [5.41, 5.74) is -0.112. The average molecular weight is 334 g/mol. The number of benzene rings is 1. The van der Waals surface area contributed by atoms with Crippen molar-refractivity contribution < 1.29 is 5.11 Å². The summed E-state index contributed by atoms with van der Waals surface area (Å²) in [4.78, 5) is 1.04. The van der Waals surface area contributed by atoms with Gasteiger partial charge in [0.1, 0.15) is 0 Å². The van der Waals surface area contributed by atoms with Gasteiger partial charge in [-0.2, -0.15) is 0 Å². The SMILES string of the molecule is CCCNC1(CO)CCC(Sc2cc(Cl)ccc2Cl)C1. The van der Waals surface area contributed by atoms with Crippen molar-refractivity contribution in [2.75, 3.05) is 13.2 Å². The molecule has 1 saturated carbocycles. The van der Waals surface area contributed by atoms with Crippen molar-refractivity contribution in [2.24, 2.45) is 0 Å². The zero-order valence-corrected chi connectivity index (χ0v) is 14.0. The van der Waals surface area contributed by atoms with Gasteiger partial charge in [0.25, 0.3) is 0 Å². The first-order valence-electron chi connectivity index (χ1n) is 7.06. The van der Waals surface area contributed by atoms with Gasteiger partial charge < -0.3 is 10.4 Å². The monoisotopic (exact) mass is 333 g/mol. The maximum Gasteiger partial charge on any atom is 0.0613 e. The molecule has 1 aromatic rings. The molecule has 0 heterocycles. The fourth-order valence-corrected chi connectivity index (χ4v) is 4.54. The third-order valence-electron chi connectivity index (χ3n) is 3.80. The van der Waals surface area contributed by atoms with Crippen molar-refractivity contribution >= 4 is 35.0 Å². The molecule has 2 nitrogen and oxygen atoms in total. The van der Waals surface area contributed by atoms with Crippen LogP contribution >= 0.6 is 35.0 Å². The quantitative estimate of drug-likeness (QED) is 0.810. The van der Waals surface area contributed by atoms with Gasteiger partial charge in [-0.25, -0.2) is 0 Å². The summed E-state index contributed by atoms with van der Waals surface area (Å²) in [5.74, 6) is 0. The predicted molar refractivity (Wildman–Crippen MR) is 88.1 cm³/mol. The molecule has 2 rings (SSSR count). The molecule has 0 aromatic heterocycles. The lowest BCUT2D eigenvalue weighted by atomic mass is 9.99. The molecule has 112 valence electrons. The van der Waals surface area contributed by atoms with E-state index in [1.807, 2.05) is 18.2 Å². The largest absolute Gasteiger partial charge is 0.394 e. The summed E-state index contributed by atoms with van der Waals surface area (Å²) in [5, 5.41) is 15.2. The molecule has 20 heavy (non-hydrogen) atoms. The van der Waals surface area contributed by atoms with Crippen molar-refractivity contribution in [1.29, 1.82) is 0 Å².